The van der Waals surface area contributed by atoms with Crippen LogP contribution in [0.2, 0.25) is 0 Å². The smallest absolute Gasteiger partial charge is 0.191 e. The fraction of sp³-hybridized carbons (Fsp3) is 0.588. The predicted octanol–water partition coefficient (Wildman–Crippen LogP) is 2.04. The van der Waals surface area contributed by atoms with Crippen molar-refractivity contribution >= 4 is 40.7 Å². The minimum Gasteiger partial charge on any atom is -0.373 e. The van der Waals surface area contributed by atoms with Crippen molar-refractivity contribution in [3.05, 3.63) is 35.9 Å². The highest BCUT2D eigenvalue weighted by Crippen LogP contribution is 2.34. The minimum absolute atomic E-state index is 0. The molecule has 2 heterocycles. The van der Waals surface area contributed by atoms with Gasteiger partial charge < -0.3 is 15.4 Å². The molecular formula is C17H26IN3O2S. The van der Waals surface area contributed by atoms with Crippen molar-refractivity contribution in [1.29, 1.82) is 0 Å². The van der Waals surface area contributed by atoms with Gasteiger partial charge in [-0.05, 0) is 24.8 Å². The maximum atomic E-state index is 12.1. The summed E-state index contributed by atoms with van der Waals surface area (Å²) >= 11 is 0. The fourth-order valence-electron chi connectivity index (χ4n) is 3.28. The van der Waals surface area contributed by atoms with Gasteiger partial charge in [-0.1, -0.05) is 30.3 Å². The Morgan fingerprint density at radius 2 is 2.12 bits per heavy atom. The van der Waals surface area contributed by atoms with Gasteiger partial charge in [0.2, 0.25) is 0 Å². The van der Waals surface area contributed by atoms with E-state index >= 15 is 0 Å². The lowest BCUT2D eigenvalue weighted by Gasteiger charge is -2.22. The first-order chi connectivity index (χ1) is 11.2. The van der Waals surface area contributed by atoms with Gasteiger partial charge in [-0.2, -0.15) is 0 Å². The zero-order valence-corrected chi connectivity index (χ0v) is 17.1. The van der Waals surface area contributed by atoms with Crippen molar-refractivity contribution in [2.45, 2.75) is 43.3 Å². The second-order valence-corrected chi connectivity index (χ2v) is 7.71. The van der Waals surface area contributed by atoms with E-state index in [-0.39, 0.29) is 24.0 Å². The largest absolute Gasteiger partial charge is 0.373 e. The van der Waals surface area contributed by atoms with Crippen LogP contribution in [0.25, 0.3) is 0 Å². The van der Waals surface area contributed by atoms with Gasteiger partial charge in [0.15, 0.2) is 5.96 Å². The summed E-state index contributed by atoms with van der Waals surface area (Å²) in [5.41, 5.74) is 1.12. The minimum atomic E-state index is -0.865. The van der Waals surface area contributed by atoms with Crippen LogP contribution in [0.5, 0.6) is 0 Å². The zero-order valence-electron chi connectivity index (χ0n) is 13.9. The number of guanidine groups is 1. The Labute approximate surface area is 163 Å². The molecular weight excluding hydrogens is 437 g/mol. The first-order valence-corrected chi connectivity index (χ1v) is 9.75. The van der Waals surface area contributed by atoms with Crippen molar-refractivity contribution in [3.8, 4) is 0 Å². The normalized spacial score (nSPS) is 26.7. The summed E-state index contributed by atoms with van der Waals surface area (Å²) in [7, 11) is 0.903. The average molecular weight is 463 g/mol. The number of hydrogen-bond acceptors (Lipinski definition) is 3. The van der Waals surface area contributed by atoms with Crippen LogP contribution >= 0.6 is 24.0 Å². The van der Waals surface area contributed by atoms with Crippen molar-refractivity contribution in [2.75, 3.05) is 19.3 Å². The van der Waals surface area contributed by atoms with Gasteiger partial charge >= 0.3 is 0 Å². The first kappa shape index (κ1) is 19.7. The topological polar surface area (TPSA) is 62.7 Å². The van der Waals surface area contributed by atoms with Gasteiger partial charge in [-0.3, -0.25) is 9.20 Å². The molecule has 3 rings (SSSR count). The molecule has 0 aromatic heterocycles. The number of ether oxygens (including phenoxy) is 1. The van der Waals surface area contributed by atoms with E-state index < -0.39 is 10.8 Å². The van der Waals surface area contributed by atoms with Gasteiger partial charge in [0.1, 0.15) is 0 Å². The lowest BCUT2D eigenvalue weighted by Crippen LogP contribution is -2.48. The van der Waals surface area contributed by atoms with Crippen LogP contribution in [0.1, 0.15) is 24.8 Å². The second kappa shape index (κ2) is 9.72. The summed E-state index contributed by atoms with van der Waals surface area (Å²) in [6.45, 7) is 0.654. The Hall–Kier alpha value is -0.670. The molecule has 0 amide bonds. The van der Waals surface area contributed by atoms with Gasteiger partial charge in [0.05, 0.1) is 18.2 Å². The molecule has 1 aromatic carbocycles. The van der Waals surface area contributed by atoms with Crippen LogP contribution in [0.15, 0.2) is 35.3 Å². The van der Waals surface area contributed by atoms with Gasteiger partial charge in [-0.25, -0.2) is 0 Å². The first-order valence-electron chi connectivity index (χ1n) is 8.26. The molecule has 4 atom stereocenters. The highest BCUT2D eigenvalue weighted by atomic mass is 127. The Kier molecular flexibility index (Phi) is 7.96. The molecule has 2 fully saturated rings. The van der Waals surface area contributed by atoms with Crippen LogP contribution in [0, 0.1) is 0 Å². The third-order valence-electron chi connectivity index (χ3n) is 4.44. The molecule has 2 bridgehead atoms. The number of benzene rings is 1. The Morgan fingerprint density at radius 1 is 1.33 bits per heavy atom. The molecule has 134 valence electrons. The summed E-state index contributed by atoms with van der Waals surface area (Å²) in [4.78, 5) is 4.26. The van der Waals surface area contributed by atoms with Crippen molar-refractivity contribution in [3.63, 3.8) is 0 Å². The van der Waals surface area contributed by atoms with Crippen molar-refractivity contribution < 1.29 is 8.95 Å². The molecule has 0 spiro atoms. The van der Waals surface area contributed by atoms with E-state index in [1.807, 2.05) is 30.3 Å². The SMILES string of the molecule is CN=C(NCCS(=O)Cc1ccccc1)NC1CC2CCC1O2.I. The highest BCUT2D eigenvalue weighted by Gasteiger charge is 2.41. The molecule has 0 saturated carbocycles. The average Bonchev–Trinajstić information content (AvgIpc) is 3.17. The molecule has 7 heteroatoms. The quantitative estimate of drug-likeness (QED) is 0.385. The number of nitrogens with one attached hydrogen (secondary N) is 2. The van der Waals surface area contributed by atoms with Crippen LogP contribution in [0.4, 0.5) is 0 Å². The molecule has 2 aliphatic rings. The summed E-state index contributed by atoms with van der Waals surface area (Å²) in [5.74, 6) is 2.00. The molecule has 24 heavy (non-hydrogen) atoms. The number of fused-ring (bicyclic) bond motifs is 2. The fourth-order valence-corrected chi connectivity index (χ4v) is 4.31. The van der Waals surface area contributed by atoms with Crippen LogP contribution in [0.3, 0.4) is 0 Å². The lowest BCUT2D eigenvalue weighted by molar-refractivity contribution is 0.0992. The van der Waals surface area contributed by atoms with Crippen molar-refractivity contribution in [2.24, 2.45) is 4.99 Å². The molecule has 1 aromatic rings. The van der Waals surface area contributed by atoms with E-state index in [9.17, 15) is 4.21 Å². The number of halogens is 1. The van der Waals surface area contributed by atoms with Crippen LogP contribution < -0.4 is 10.6 Å². The molecule has 2 N–H and O–H groups in total. The third kappa shape index (κ3) is 5.42. The second-order valence-electron chi connectivity index (χ2n) is 6.13. The van der Waals surface area contributed by atoms with E-state index in [0.29, 0.717) is 36.3 Å². The van der Waals surface area contributed by atoms with E-state index in [1.165, 1.54) is 6.42 Å². The maximum Gasteiger partial charge on any atom is 0.191 e. The molecule has 2 saturated heterocycles. The van der Waals surface area contributed by atoms with Gasteiger partial charge in [0, 0.05) is 35.9 Å². The highest BCUT2D eigenvalue weighted by molar-refractivity contribution is 14.0. The molecule has 2 aliphatic heterocycles. The maximum absolute atomic E-state index is 12.1. The van der Waals surface area contributed by atoms with Gasteiger partial charge in [0.25, 0.3) is 0 Å². The Balaban J connectivity index is 0.00000208. The Bertz CT molecular complexity index is 570. The van der Waals surface area contributed by atoms with E-state index in [4.69, 9.17) is 4.74 Å². The van der Waals surface area contributed by atoms with E-state index in [2.05, 4.69) is 15.6 Å². The molecule has 5 nitrogen and oxygen atoms in total. The van der Waals surface area contributed by atoms with Crippen LogP contribution in [-0.2, 0) is 21.3 Å². The zero-order chi connectivity index (χ0) is 16.1. The van der Waals surface area contributed by atoms with E-state index in [1.54, 1.807) is 7.05 Å². The monoisotopic (exact) mass is 463 g/mol. The lowest BCUT2D eigenvalue weighted by atomic mass is 9.96. The number of aliphatic imine (C=N–C) groups is 1. The van der Waals surface area contributed by atoms with Crippen LogP contribution in [-0.4, -0.2) is 47.8 Å². The van der Waals surface area contributed by atoms with Crippen molar-refractivity contribution in [1.82, 2.24) is 10.6 Å². The molecule has 0 radical (unpaired) electrons. The summed E-state index contributed by atoms with van der Waals surface area (Å²) in [5, 5.41) is 6.70. The predicted molar refractivity (Wildman–Crippen MR) is 109 cm³/mol. The van der Waals surface area contributed by atoms with E-state index in [0.717, 1.165) is 24.4 Å². The number of nitrogens with zero attached hydrogens (tertiary/aromatic N) is 1. The summed E-state index contributed by atoms with van der Waals surface area (Å²) < 4.78 is 18.0. The third-order valence-corrected chi connectivity index (χ3v) is 5.76. The molecule has 0 aliphatic carbocycles. The van der Waals surface area contributed by atoms with Gasteiger partial charge in [-0.15, -0.1) is 24.0 Å². The Morgan fingerprint density at radius 3 is 2.75 bits per heavy atom. The summed E-state index contributed by atoms with van der Waals surface area (Å²) in [6.07, 6.45) is 4.14. The number of rotatable bonds is 6. The summed E-state index contributed by atoms with van der Waals surface area (Å²) in [6, 6.07) is 10.3. The number of hydrogen-bond donors (Lipinski definition) is 2. The standard InChI is InChI=1S/C17H25N3O2S.HI/c1-18-17(20-15-11-14-7-8-16(15)22-14)19-9-10-23(21)12-13-5-3-2-4-6-13;/h2-6,14-16H,7-12H2,1H3,(H2,18,19,20);1H. The molecule has 4 unspecified atom stereocenters.